The van der Waals surface area contributed by atoms with E-state index < -0.39 is 5.24 Å². The van der Waals surface area contributed by atoms with E-state index in [1.54, 1.807) is 6.92 Å². The predicted molar refractivity (Wildman–Crippen MR) is 75.3 cm³/mol. The molecular weight excluding hydrogens is 295 g/mol. The van der Waals surface area contributed by atoms with Crippen LogP contribution in [0.1, 0.15) is 5.82 Å². The van der Waals surface area contributed by atoms with Crippen LogP contribution in [0.25, 0.3) is 0 Å². The zero-order valence-electron chi connectivity index (χ0n) is 9.41. The van der Waals surface area contributed by atoms with Gasteiger partial charge in [0, 0.05) is 12.3 Å². The highest BCUT2D eigenvalue weighted by molar-refractivity contribution is 8.07. The molecule has 0 saturated heterocycles. The molecule has 0 unspecified atom stereocenters. The molecule has 0 spiro atoms. The Morgan fingerprint density at radius 3 is 2.78 bits per heavy atom. The Bertz CT molecular complexity index is 498. The molecule has 1 aromatic rings. The third-order valence-electron chi connectivity index (χ3n) is 1.65. The van der Waals surface area contributed by atoms with Crippen LogP contribution in [0.3, 0.4) is 0 Å². The number of carbonyl (C=O) groups excluding carboxylic acids is 1. The van der Waals surface area contributed by atoms with Crippen molar-refractivity contribution >= 4 is 46.0 Å². The topological polar surface area (TPSA) is 80.9 Å². The summed E-state index contributed by atoms with van der Waals surface area (Å²) < 4.78 is 0. The van der Waals surface area contributed by atoms with Crippen LogP contribution in [0, 0.1) is 6.92 Å². The minimum Gasteiger partial charge on any atom is -0.404 e. The predicted octanol–water partition coefficient (Wildman–Crippen LogP) is 2.62. The first-order valence-electron chi connectivity index (χ1n) is 4.69. The van der Waals surface area contributed by atoms with Crippen molar-refractivity contribution in [1.82, 2.24) is 9.97 Å². The van der Waals surface area contributed by atoms with Crippen LogP contribution < -0.4 is 11.1 Å². The molecular formula is C10H10Cl2N4OS. The highest BCUT2D eigenvalue weighted by Gasteiger charge is 2.09. The van der Waals surface area contributed by atoms with E-state index in [0.717, 1.165) is 18.0 Å². The van der Waals surface area contributed by atoms with Gasteiger partial charge in [0.15, 0.2) is 0 Å². The maximum Gasteiger partial charge on any atom is 0.260 e. The zero-order valence-corrected chi connectivity index (χ0v) is 11.7. The van der Waals surface area contributed by atoms with Crippen molar-refractivity contribution < 1.29 is 4.79 Å². The third-order valence-corrected chi connectivity index (χ3v) is 3.05. The quantitative estimate of drug-likeness (QED) is 0.494. The molecule has 0 aliphatic rings. The molecule has 0 aliphatic heterocycles. The monoisotopic (exact) mass is 304 g/mol. The highest BCUT2D eigenvalue weighted by Crippen LogP contribution is 2.26. The van der Waals surface area contributed by atoms with Crippen molar-refractivity contribution in [2.75, 3.05) is 5.32 Å². The standard InChI is InChI=1S/C10H10Cl2N4OS/c1-5-14-8(11)3-9(15-5)16-6(2)18-7(4-13)10(12)17/h3-4H,2,13H2,1H3,(H,14,15,16)/b7-4-. The van der Waals surface area contributed by atoms with E-state index in [1.807, 2.05) is 0 Å². The summed E-state index contributed by atoms with van der Waals surface area (Å²) in [4.78, 5) is 19.1. The SMILES string of the molecule is C=C(Nc1cc(Cl)nc(C)n1)S/C(=C\N)C(=O)Cl. The lowest BCUT2D eigenvalue weighted by Gasteiger charge is -2.09. The Hall–Kier alpha value is -1.24. The number of nitrogens with two attached hydrogens (primary N) is 1. The first kappa shape index (κ1) is 14.8. The van der Waals surface area contributed by atoms with Gasteiger partial charge < -0.3 is 11.1 Å². The van der Waals surface area contributed by atoms with Crippen LogP contribution in [0.4, 0.5) is 5.82 Å². The Labute approximate surface area is 118 Å². The van der Waals surface area contributed by atoms with Crippen LogP contribution >= 0.6 is 35.0 Å². The average molecular weight is 305 g/mol. The molecule has 0 bridgehead atoms. The smallest absolute Gasteiger partial charge is 0.260 e. The maximum absolute atomic E-state index is 11.0. The summed E-state index contributed by atoms with van der Waals surface area (Å²) in [5, 5.41) is 2.97. The number of aromatic nitrogens is 2. The molecule has 0 radical (unpaired) electrons. The Kier molecular flexibility index (Phi) is 5.46. The second-order valence-corrected chi connectivity index (χ2v) is 4.95. The number of halogens is 2. The maximum atomic E-state index is 11.0. The van der Waals surface area contributed by atoms with E-state index in [0.29, 0.717) is 21.8 Å². The van der Waals surface area contributed by atoms with Gasteiger partial charge in [-0.1, -0.05) is 29.9 Å². The summed E-state index contributed by atoms with van der Waals surface area (Å²) in [5.41, 5.74) is 5.26. The lowest BCUT2D eigenvalue weighted by atomic mass is 10.5. The van der Waals surface area contributed by atoms with E-state index >= 15 is 0 Å². The van der Waals surface area contributed by atoms with Crippen LogP contribution in [0.15, 0.2) is 28.8 Å². The highest BCUT2D eigenvalue weighted by atomic mass is 35.5. The van der Waals surface area contributed by atoms with E-state index in [-0.39, 0.29) is 4.91 Å². The molecule has 0 aliphatic carbocycles. The van der Waals surface area contributed by atoms with E-state index in [1.165, 1.54) is 6.07 Å². The summed E-state index contributed by atoms with van der Waals surface area (Å²) in [6.07, 6.45) is 1.12. The summed E-state index contributed by atoms with van der Waals surface area (Å²) in [5.74, 6) is 0.995. The molecule has 96 valence electrons. The third kappa shape index (κ3) is 4.56. The molecule has 1 rings (SSSR count). The number of rotatable bonds is 5. The summed E-state index contributed by atoms with van der Waals surface area (Å²) in [7, 11) is 0. The molecule has 0 atom stereocenters. The number of carbonyl (C=O) groups is 1. The second-order valence-electron chi connectivity index (χ2n) is 3.08. The normalized spacial score (nSPS) is 11.2. The van der Waals surface area contributed by atoms with Crippen molar-refractivity contribution in [1.29, 1.82) is 0 Å². The molecule has 3 N–H and O–H groups in total. The van der Waals surface area contributed by atoms with Crippen molar-refractivity contribution in [2.45, 2.75) is 6.92 Å². The van der Waals surface area contributed by atoms with E-state index in [2.05, 4.69) is 21.9 Å². The molecule has 18 heavy (non-hydrogen) atoms. The van der Waals surface area contributed by atoms with Gasteiger partial charge in [-0.3, -0.25) is 4.79 Å². The number of hydrogen-bond acceptors (Lipinski definition) is 6. The number of hydrogen-bond donors (Lipinski definition) is 2. The van der Waals surface area contributed by atoms with Crippen LogP contribution in [0.2, 0.25) is 5.15 Å². The van der Waals surface area contributed by atoms with Crippen LogP contribution in [-0.2, 0) is 4.79 Å². The summed E-state index contributed by atoms with van der Waals surface area (Å²) >= 11 is 12.1. The molecule has 1 heterocycles. The minimum atomic E-state index is -0.651. The fraction of sp³-hybridized carbons (Fsp3) is 0.100. The van der Waals surface area contributed by atoms with Gasteiger partial charge in [-0.15, -0.1) is 0 Å². The Balaban J connectivity index is 2.73. The van der Waals surface area contributed by atoms with Gasteiger partial charge in [-0.2, -0.15) is 0 Å². The largest absolute Gasteiger partial charge is 0.404 e. The van der Waals surface area contributed by atoms with Gasteiger partial charge in [0.05, 0.1) is 9.93 Å². The number of anilines is 1. The molecule has 5 nitrogen and oxygen atoms in total. The molecule has 1 aromatic heterocycles. The number of aryl methyl sites for hydroxylation is 1. The van der Waals surface area contributed by atoms with Crippen molar-refractivity contribution in [3.63, 3.8) is 0 Å². The van der Waals surface area contributed by atoms with Crippen molar-refractivity contribution in [3.8, 4) is 0 Å². The van der Waals surface area contributed by atoms with Crippen molar-refractivity contribution in [3.05, 3.63) is 39.8 Å². The fourth-order valence-electron chi connectivity index (χ4n) is 1.04. The molecule has 0 amide bonds. The van der Waals surface area contributed by atoms with Gasteiger partial charge >= 0.3 is 0 Å². The lowest BCUT2D eigenvalue weighted by molar-refractivity contribution is -0.107. The van der Waals surface area contributed by atoms with E-state index in [4.69, 9.17) is 28.9 Å². The number of allylic oxidation sites excluding steroid dienone is 1. The molecule has 0 fully saturated rings. The molecule has 0 aromatic carbocycles. The Morgan fingerprint density at radius 2 is 2.28 bits per heavy atom. The first-order valence-corrected chi connectivity index (χ1v) is 6.26. The van der Waals surface area contributed by atoms with E-state index in [9.17, 15) is 4.79 Å². The lowest BCUT2D eigenvalue weighted by Crippen LogP contribution is -2.02. The first-order chi connectivity index (χ1) is 8.42. The number of thioether (sulfide) groups is 1. The van der Waals surface area contributed by atoms with Crippen LogP contribution in [0.5, 0.6) is 0 Å². The molecule has 0 saturated carbocycles. The minimum absolute atomic E-state index is 0.172. The Morgan fingerprint density at radius 1 is 1.61 bits per heavy atom. The van der Waals surface area contributed by atoms with Gasteiger partial charge in [0.25, 0.3) is 5.24 Å². The summed E-state index contributed by atoms with van der Waals surface area (Å²) in [6, 6.07) is 1.54. The fourth-order valence-corrected chi connectivity index (χ4v) is 2.01. The molecule has 8 heteroatoms. The number of nitrogens with one attached hydrogen (secondary N) is 1. The van der Waals surface area contributed by atoms with Gasteiger partial charge in [0.1, 0.15) is 16.8 Å². The number of nitrogens with zero attached hydrogens (tertiary/aromatic N) is 2. The second kappa shape index (κ2) is 6.63. The van der Waals surface area contributed by atoms with Gasteiger partial charge in [0.2, 0.25) is 0 Å². The zero-order chi connectivity index (χ0) is 13.7. The van der Waals surface area contributed by atoms with Gasteiger partial charge in [-0.05, 0) is 18.5 Å². The van der Waals surface area contributed by atoms with Gasteiger partial charge in [-0.25, -0.2) is 9.97 Å². The average Bonchev–Trinajstić information content (AvgIpc) is 2.23. The van der Waals surface area contributed by atoms with Crippen molar-refractivity contribution in [2.24, 2.45) is 5.73 Å². The summed E-state index contributed by atoms with van der Waals surface area (Å²) in [6.45, 7) is 5.43. The van der Waals surface area contributed by atoms with Crippen LogP contribution in [-0.4, -0.2) is 15.2 Å².